The normalized spacial score (nSPS) is 12.5. The Hall–Kier alpha value is -4.59. The van der Waals surface area contributed by atoms with E-state index in [9.17, 15) is 20.1 Å². The highest BCUT2D eigenvalue weighted by atomic mass is 16.6. The van der Waals surface area contributed by atoms with Crippen LogP contribution >= 0.6 is 0 Å². The molecule has 0 saturated carbocycles. The summed E-state index contributed by atoms with van der Waals surface area (Å²) in [5.41, 5.74) is 0.798. The van der Waals surface area contributed by atoms with Crippen LogP contribution in [-0.2, 0) is 0 Å². The summed E-state index contributed by atoms with van der Waals surface area (Å²) in [4.78, 5) is 12.5. The fourth-order valence-corrected chi connectivity index (χ4v) is 3.45. The molecule has 32 heavy (non-hydrogen) atoms. The van der Waals surface area contributed by atoms with E-state index < -0.39 is 5.43 Å². The number of phenols is 3. The van der Waals surface area contributed by atoms with Crippen LogP contribution in [0.2, 0.25) is 0 Å². The SMILES string of the molecule is COc1cc(C2=COc3cc(-c4cc(=O)c5c(O)cc(O)cc5o4)ccc3O2)ccc1O. The van der Waals surface area contributed by atoms with Crippen molar-refractivity contribution in [3.8, 4) is 45.8 Å². The first-order valence-electron chi connectivity index (χ1n) is 9.49. The molecule has 0 amide bonds. The molecule has 0 unspecified atom stereocenters. The van der Waals surface area contributed by atoms with E-state index in [1.165, 1.54) is 31.6 Å². The third-order valence-corrected chi connectivity index (χ3v) is 5.00. The van der Waals surface area contributed by atoms with E-state index in [2.05, 4.69) is 0 Å². The van der Waals surface area contributed by atoms with E-state index in [4.69, 9.17) is 18.6 Å². The first kappa shape index (κ1) is 19.4. The van der Waals surface area contributed by atoms with Crippen molar-refractivity contribution in [3.05, 3.63) is 76.6 Å². The molecule has 0 aliphatic carbocycles. The fourth-order valence-electron chi connectivity index (χ4n) is 3.45. The van der Waals surface area contributed by atoms with Gasteiger partial charge in [0.25, 0.3) is 0 Å². The second-order valence-corrected chi connectivity index (χ2v) is 7.06. The zero-order valence-electron chi connectivity index (χ0n) is 16.7. The van der Waals surface area contributed by atoms with Crippen molar-refractivity contribution in [2.75, 3.05) is 7.11 Å². The summed E-state index contributed by atoms with van der Waals surface area (Å²) in [6.07, 6.45) is 1.42. The predicted octanol–water partition coefficient (Wildman–Crippen LogP) is 4.36. The van der Waals surface area contributed by atoms with Crippen LogP contribution in [0.4, 0.5) is 0 Å². The zero-order valence-corrected chi connectivity index (χ0v) is 16.7. The smallest absolute Gasteiger partial charge is 0.197 e. The molecule has 0 fully saturated rings. The summed E-state index contributed by atoms with van der Waals surface area (Å²) in [7, 11) is 1.45. The number of aromatic hydroxyl groups is 3. The molecule has 1 aliphatic rings. The lowest BCUT2D eigenvalue weighted by atomic mass is 10.1. The average molecular weight is 432 g/mol. The van der Waals surface area contributed by atoms with E-state index >= 15 is 0 Å². The summed E-state index contributed by atoms with van der Waals surface area (Å²) in [6.45, 7) is 0. The Kier molecular flexibility index (Phi) is 4.41. The molecule has 2 heterocycles. The van der Waals surface area contributed by atoms with E-state index in [0.717, 1.165) is 6.07 Å². The maximum Gasteiger partial charge on any atom is 0.197 e. The Morgan fingerprint density at radius 1 is 0.844 bits per heavy atom. The Balaban J connectivity index is 1.50. The third-order valence-electron chi connectivity index (χ3n) is 5.00. The summed E-state index contributed by atoms with van der Waals surface area (Å²) < 4.78 is 22.5. The number of methoxy groups -OCH3 is 1. The number of hydrogen-bond acceptors (Lipinski definition) is 8. The van der Waals surface area contributed by atoms with Crippen molar-refractivity contribution in [1.29, 1.82) is 0 Å². The number of benzene rings is 3. The number of ether oxygens (including phenoxy) is 3. The molecule has 0 atom stereocenters. The molecule has 3 N–H and O–H groups in total. The van der Waals surface area contributed by atoms with Crippen molar-refractivity contribution in [3.63, 3.8) is 0 Å². The number of hydrogen-bond donors (Lipinski definition) is 3. The topological polar surface area (TPSA) is 119 Å². The quantitative estimate of drug-likeness (QED) is 0.437. The van der Waals surface area contributed by atoms with Crippen LogP contribution in [0.1, 0.15) is 5.56 Å². The average Bonchev–Trinajstić information content (AvgIpc) is 2.78. The van der Waals surface area contributed by atoms with E-state index in [1.54, 1.807) is 30.3 Å². The molecular weight excluding hydrogens is 416 g/mol. The van der Waals surface area contributed by atoms with Gasteiger partial charge in [0, 0.05) is 29.3 Å². The van der Waals surface area contributed by atoms with Gasteiger partial charge in [-0.25, -0.2) is 0 Å². The molecule has 0 spiro atoms. The molecule has 0 radical (unpaired) electrons. The number of phenolic OH excluding ortho intramolecular Hbond substituents is 3. The molecule has 4 aromatic rings. The van der Waals surface area contributed by atoms with Crippen molar-refractivity contribution >= 4 is 16.7 Å². The minimum absolute atomic E-state index is 0.0112. The van der Waals surface area contributed by atoms with E-state index in [1.807, 2.05) is 0 Å². The Bertz CT molecular complexity index is 1470. The van der Waals surface area contributed by atoms with Gasteiger partial charge in [0.05, 0.1) is 7.11 Å². The first-order chi connectivity index (χ1) is 15.4. The largest absolute Gasteiger partial charge is 0.508 e. The molecular formula is C24H16O8. The van der Waals surface area contributed by atoms with Gasteiger partial charge in [-0.3, -0.25) is 4.79 Å². The van der Waals surface area contributed by atoms with E-state index in [-0.39, 0.29) is 34.0 Å². The monoisotopic (exact) mass is 432 g/mol. The Labute approximate surface area is 180 Å². The van der Waals surface area contributed by atoms with Crippen molar-refractivity contribution in [1.82, 2.24) is 0 Å². The lowest BCUT2D eigenvalue weighted by molar-refractivity contribution is 0.370. The van der Waals surface area contributed by atoms with Crippen molar-refractivity contribution in [2.45, 2.75) is 0 Å². The van der Waals surface area contributed by atoms with Gasteiger partial charge in [0.15, 0.2) is 34.2 Å². The van der Waals surface area contributed by atoms with Gasteiger partial charge >= 0.3 is 0 Å². The summed E-state index contributed by atoms with van der Waals surface area (Å²) in [6, 6.07) is 13.4. The number of fused-ring (bicyclic) bond motifs is 2. The lowest BCUT2D eigenvalue weighted by Crippen LogP contribution is -2.05. The van der Waals surface area contributed by atoms with Gasteiger partial charge < -0.3 is 33.9 Å². The van der Waals surface area contributed by atoms with Crippen LogP contribution in [0, 0.1) is 0 Å². The maximum atomic E-state index is 12.5. The molecule has 5 rings (SSSR count). The first-order valence-corrected chi connectivity index (χ1v) is 9.49. The van der Waals surface area contributed by atoms with Gasteiger partial charge in [0.1, 0.15) is 34.5 Å². The summed E-state index contributed by atoms with van der Waals surface area (Å²) >= 11 is 0. The molecule has 0 saturated heterocycles. The zero-order chi connectivity index (χ0) is 22.4. The third kappa shape index (κ3) is 3.24. The molecule has 8 nitrogen and oxygen atoms in total. The number of rotatable bonds is 3. The van der Waals surface area contributed by atoms with Crippen LogP contribution in [0.5, 0.6) is 34.5 Å². The van der Waals surface area contributed by atoms with Crippen LogP contribution < -0.4 is 19.6 Å². The second-order valence-electron chi connectivity index (χ2n) is 7.06. The van der Waals surface area contributed by atoms with Crippen LogP contribution in [0.25, 0.3) is 28.1 Å². The van der Waals surface area contributed by atoms with Crippen LogP contribution in [0.3, 0.4) is 0 Å². The van der Waals surface area contributed by atoms with Crippen LogP contribution in [-0.4, -0.2) is 22.4 Å². The minimum atomic E-state index is -0.447. The highest BCUT2D eigenvalue weighted by molar-refractivity contribution is 5.86. The maximum absolute atomic E-state index is 12.5. The van der Waals surface area contributed by atoms with Gasteiger partial charge in [0.2, 0.25) is 0 Å². The predicted molar refractivity (Wildman–Crippen MR) is 115 cm³/mol. The highest BCUT2D eigenvalue weighted by Gasteiger charge is 2.19. The van der Waals surface area contributed by atoms with Gasteiger partial charge in [-0.2, -0.15) is 0 Å². The molecule has 3 aromatic carbocycles. The molecule has 8 heteroatoms. The Morgan fingerprint density at radius 3 is 2.47 bits per heavy atom. The van der Waals surface area contributed by atoms with Crippen molar-refractivity contribution < 1.29 is 33.9 Å². The van der Waals surface area contributed by atoms with Crippen LogP contribution in [0.15, 0.2) is 70.1 Å². The van der Waals surface area contributed by atoms with Gasteiger partial charge in [-0.15, -0.1) is 0 Å². The summed E-state index contributed by atoms with van der Waals surface area (Å²) in [5, 5.41) is 29.4. The fraction of sp³-hybridized carbons (Fsp3) is 0.0417. The summed E-state index contributed by atoms with van der Waals surface area (Å²) in [5.74, 6) is 1.24. The highest BCUT2D eigenvalue weighted by Crippen LogP contribution is 2.40. The standard InChI is InChI=1S/C24H16O8/c1-29-20-6-13(2-4-15(20)26)23-11-30-21-7-12(3-5-18(21)31-23)19-10-17(28)24-16(27)8-14(25)9-22(24)32-19/h2-11,25-27H,1H3. The molecule has 1 aromatic heterocycles. The minimum Gasteiger partial charge on any atom is -0.508 e. The van der Waals surface area contributed by atoms with E-state index in [0.29, 0.717) is 34.1 Å². The molecule has 160 valence electrons. The van der Waals surface area contributed by atoms with Gasteiger partial charge in [-0.05, 0) is 36.4 Å². The molecule has 0 bridgehead atoms. The van der Waals surface area contributed by atoms with Crippen molar-refractivity contribution in [2.24, 2.45) is 0 Å². The van der Waals surface area contributed by atoms with Gasteiger partial charge in [-0.1, -0.05) is 0 Å². The lowest BCUT2D eigenvalue weighted by Gasteiger charge is -2.19. The Morgan fingerprint density at radius 2 is 1.66 bits per heavy atom. The molecule has 1 aliphatic heterocycles. The second kappa shape index (κ2) is 7.28.